The molecule has 0 aliphatic carbocycles. The van der Waals surface area contributed by atoms with Crippen LogP contribution in [0.25, 0.3) is 0 Å². The van der Waals surface area contributed by atoms with E-state index in [2.05, 4.69) is 17.1 Å². The highest BCUT2D eigenvalue weighted by Gasteiger charge is 2.43. The first-order valence-corrected chi connectivity index (χ1v) is 6.34. The highest BCUT2D eigenvalue weighted by atomic mass is 32.1. The highest BCUT2D eigenvalue weighted by molar-refractivity contribution is 7.80. The maximum absolute atomic E-state index is 12.8. The molecule has 0 aromatic rings. The van der Waals surface area contributed by atoms with Crippen LogP contribution in [0.5, 0.6) is 0 Å². The van der Waals surface area contributed by atoms with Gasteiger partial charge in [0.05, 0.1) is 4.99 Å². The largest absolute Gasteiger partial charge is 0.399 e. The number of nitrogens with two attached hydrogens (primary N) is 1. The Labute approximate surface area is 111 Å². The van der Waals surface area contributed by atoms with E-state index in [9.17, 15) is 13.2 Å². The van der Waals surface area contributed by atoms with Crippen LogP contribution in [0, 0.1) is 5.92 Å². The minimum absolute atomic E-state index is 0.138. The predicted octanol–water partition coefficient (Wildman–Crippen LogP) is 1.48. The minimum Gasteiger partial charge on any atom is -0.393 e. The first-order chi connectivity index (χ1) is 8.12. The molecule has 1 heterocycles. The zero-order valence-electron chi connectivity index (χ0n) is 10.9. The average Bonchev–Trinajstić information content (AvgIpc) is 2.20. The molecule has 18 heavy (non-hydrogen) atoms. The van der Waals surface area contributed by atoms with Crippen LogP contribution in [0.2, 0.25) is 0 Å². The molecule has 3 nitrogen and oxygen atoms in total. The predicted molar refractivity (Wildman–Crippen MR) is 69.5 cm³/mol. The van der Waals surface area contributed by atoms with E-state index in [1.807, 2.05) is 20.9 Å². The maximum atomic E-state index is 12.8. The molecule has 0 amide bonds. The van der Waals surface area contributed by atoms with Crippen LogP contribution in [0.15, 0.2) is 0 Å². The molecule has 0 spiro atoms. The first-order valence-electron chi connectivity index (χ1n) is 5.93. The number of hydrogen-bond donors (Lipinski definition) is 1. The van der Waals surface area contributed by atoms with Crippen LogP contribution in [0.3, 0.4) is 0 Å². The van der Waals surface area contributed by atoms with Gasteiger partial charge in [0.1, 0.15) is 5.92 Å². The van der Waals surface area contributed by atoms with E-state index < -0.39 is 17.1 Å². The summed E-state index contributed by atoms with van der Waals surface area (Å²) in [5.74, 6) is -1.71. The summed E-state index contributed by atoms with van der Waals surface area (Å²) in [6.07, 6.45) is -4.36. The van der Waals surface area contributed by atoms with Crippen molar-refractivity contribution in [1.29, 1.82) is 0 Å². The summed E-state index contributed by atoms with van der Waals surface area (Å²) < 4.78 is 38.4. The van der Waals surface area contributed by atoms with Gasteiger partial charge in [0, 0.05) is 31.7 Å². The van der Waals surface area contributed by atoms with Gasteiger partial charge in [-0.2, -0.15) is 13.2 Å². The Balaban J connectivity index is 2.69. The van der Waals surface area contributed by atoms with Crippen LogP contribution in [0.4, 0.5) is 13.2 Å². The standard InChI is InChI=1S/C11H20F3N3S/c1-7-4-17(5-8(2)16(7)3)6-9(10(15)18)11(12,13)14/h7-9H,4-6H2,1-3H3,(H2,15,18). The molecule has 1 fully saturated rings. The smallest absolute Gasteiger partial charge is 0.393 e. The normalized spacial score (nSPS) is 29.2. The maximum Gasteiger partial charge on any atom is 0.399 e. The van der Waals surface area contributed by atoms with Gasteiger partial charge in [-0.1, -0.05) is 12.2 Å². The highest BCUT2D eigenvalue weighted by Crippen LogP contribution is 2.28. The van der Waals surface area contributed by atoms with Crippen molar-refractivity contribution in [3.8, 4) is 0 Å². The molecule has 1 aliphatic rings. The zero-order valence-corrected chi connectivity index (χ0v) is 11.7. The number of hydrogen-bond acceptors (Lipinski definition) is 3. The second-order valence-corrected chi connectivity index (χ2v) is 5.55. The molecule has 2 N–H and O–H groups in total. The molecule has 1 aliphatic heterocycles. The van der Waals surface area contributed by atoms with Gasteiger partial charge in [-0.25, -0.2) is 0 Å². The Morgan fingerprint density at radius 3 is 2.11 bits per heavy atom. The minimum atomic E-state index is -4.36. The number of nitrogens with zero attached hydrogens (tertiary/aromatic N) is 2. The monoisotopic (exact) mass is 283 g/mol. The second kappa shape index (κ2) is 5.71. The lowest BCUT2D eigenvalue weighted by molar-refractivity contribution is -0.161. The third kappa shape index (κ3) is 3.80. The van der Waals surface area contributed by atoms with Crippen LogP contribution < -0.4 is 5.73 Å². The Morgan fingerprint density at radius 2 is 1.78 bits per heavy atom. The quantitative estimate of drug-likeness (QED) is 0.795. The molecule has 0 aromatic carbocycles. The van der Waals surface area contributed by atoms with Gasteiger partial charge in [-0.3, -0.25) is 9.80 Å². The van der Waals surface area contributed by atoms with Gasteiger partial charge >= 0.3 is 6.18 Å². The van der Waals surface area contributed by atoms with Crippen molar-refractivity contribution in [3.05, 3.63) is 0 Å². The van der Waals surface area contributed by atoms with E-state index in [1.165, 1.54) is 0 Å². The topological polar surface area (TPSA) is 32.5 Å². The Hall–Kier alpha value is -0.400. The van der Waals surface area contributed by atoms with Gasteiger partial charge in [0.2, 0.25) is 0 Å². The number of likely N-dealkylation sites (N-methyl/N-ethyl adjacent to an activating group) is 1. The van der Waals surface area contributed by atoms with E-state index in [4.69, 9.17) is 5.73 Å². The van der Waals surface area contributed by atoms with Crippen molar-refractivity contribution in [2.45, 2.75) is 32.1 Å². The van der Waals surface area contributed by atoms with Gasteiger partial charge in [-0.05, 0) is 20.9 Å². The molecular formula is C11H20F3N3S. The van der Waals surface area contributed by atoms with E-state index >= 15 is 0 Å². The molecule has 106 valence electrons. The summed E-state index contributed by atoms with van der Waals surface area (Å²) in [6.45, 7) is 5.09. The summed E-state index contributed by atoms with van der Waals surface area (Å²) in [5.41, 5.74) is 5.21. The number of thiocarbonyl (C=S) groups is 1. The molecule has 7 heteroatoms. The number of alkyl halides is 3. The van der Waals surface area contributed by atoms with Crippen molar-refractivity contribution in [1.82, 2.24) is 9.80 Å². The lowest BCUT2D eigenvalue weighted by atomic mass is 10.0. The second-order valence-electron chi connectivity index (χ2n) is 5.08. The van der Waals surface area contributed by atoms with Crippen molar-refractivity contribution in [2.75, 3.05) is 26.7 Å². The third-order valence-corrected chi connectivity index (χ3v) is 3.90. The third-order valence-electron chi connectivity index (χ3n) is 3.61. The lowest BCUT2D eigenvalue weighted by Gasteiger charge is -2.43. The van der Waals surface area contributed by atoms with Crippen molar-refractivity contribution in [3.63, 3.8) is 0 Å². The molecular weight excluding hydrogens is 263 g/mol. The first kappa shape index (κ1) is 15.7. The van der Waals surface area contributed by atoms with Gasteiger partial charge in [0.25, 0.3) is 0 Å². The van der Waals surface area contributed by atoms with Crippen LogP contribution >= 0.6 is 12.2 Å². The van der Waals surface area contributed by atoms with Gasteiger partial charge in [-0.15, -0.1) is 0 Å². The summed E-state index contributed by atoms with van der Waals surface area (Å²) >= 11 is 4.54. The van der Waals surface area contributed by atoms with E-state index in [0.717, 1.165) is 0 Å². The fourth-order valence-corrected chi connectivity index (χ4v) is 2.48. The van der Waals surface area contributed by atoms with Crippen LogP contribution in [-0.4, -0.2) is 59.7 Å². The average molecular weight is 283 g/mol. The van der Waals surface area contributed by atoms with E-state index in [1.54, 1.807) is 4.90 Å². The summed E-state index contributed by atoms with van der Waals surface area (Å²) in [7, 11) is 1.99. The van der Waals surface area contributed by atoms with Crippen LogP contribution in [-0.2, 0) is 0 Å². The Kier molecular flexibility index (Phi) is 4.97. The summed E-state index contributed by atoms with van der Waals surface area (Å²) in [6, 6.07) is 0.461. The molecule has 3 atom stereocenters. The molecule has 1 rings (SSSR count). The molecule has 1 saturated heterocycles. The van der Waals surface area contributed by atoms with Gasteiger partial charge < -0.3 is 5.73 Å². The fourth-order valence-electron chi connectivity index (χ4n) is 2.28. The lowest BCUT2D eigenvalue weighted by Crippen LogP contribution is -2.57. The Morgan fingerprint density at radius 1 is 1.33 bits per heavy atom. The van der Waals surface area contributed by atoms with E-state index in [-0.39, 0.29) is 18.6 Å². The summed E-state index contributed by atoms with van der Waals surface area (Å²) in [4.78, 5) is 3.49. The van der Waals surface area contributed by atoms with Crippen LogP contribution in [0.1, 0.15) is 13.8 Å². The Bertz CT molecular complexity index is 296. The number of piperazine rings is 1. The SMILES string of the molecule is CC1CN(CC(C(N)=S)C(F)(F)F)CC(C)N1C. The molecule has 3 unspecified atom stereocenters. The van der Waals surface area contributed by atoms with Crippen molar-refractivity contribution >= 4 is 17.2 Å². The molecule has 0 saturated carbocycles. The molecule has 0 bridgehead atoms. The van der Waals surface area contributed by atoms with Crippen molar-refractivity contribution in [2.24, 2.45) is 11.7 Å². The molecule has 0 aromatic heterocycles. The molecule has 0 radical (unpaired) electrons. The van der Waals surface area contributed by atoms with Crippen molar-refractivity contribution < 1.29 is 13.2 Å². The summed E-state index contributed by atoms with van der Waals surface area (Å²) in [5, 5.41) is 0. The zero-order chi connectivity index (χ0) is 14.1. The van der Waals surface area contributed by atoms with E-state index in [0.29, 0.717) is 13.1 Å². The number of rotatable bonds is 3. The number of halogens is 3. The van der Waals surface area contributed by atoms with Gasteiger partial charge in [0.15, 0.2) is 0 Å². The fraction of sp³-hybridized carbons (Fsp3) is 0.909.